The fourth-order valence-electron chi connectivity index (χ4n) is 3.76. The molecule has 1 aliphatic heterocycles. The highest BCUT2D eigenvalue weighted by Crippen LogP contribution is 2.22. The number of ether oxygens (including phenoxy) is 1. The molecular weight excluding hydrogens is 384 g/mol. The smallest absolute Gasteiger partial charge is 0.336 e. The standard InChI is InChI=1S/C20H21ClN2O3S/c1-25-15-2-4-17-14(10-20(24)26-18(17)11-15)12-22-6-8-23(9-7-22)13-16-3-5-19(21)27-16/h2-5,10-11H,6-9,12-13H2,1H3/p+2. The van der Waals surface area contributed by atoms with Gasteiger partial charge in [-0.25, -0.2) is 4.79 Å². The van der Waals surface area contributed by atoms with Gasteiger partial charge in [0.1, 0.15) is 50.6 Å². The average molecular weight is 407 g/mol. The molecule has 1 saturated heterocycles. The molecule has 5 nitrogen and oxygen atoms in total. The van der Waals surface area contributed by atoms with Crippen molar-refractivity contribution in [2.75, 3.05) is 33.3 Å². The first kappa shape index (κ1) is 18.5. The van der Waals surface area contributed by atoms with E-state index in [1.54, 1.807) is 35.5 Å². The van der Waals surface area contributed by atoms with E-state index in [1.165, 1.54) is 9.78 Å². The first-order chi connectivity index (χ1) is 13.1. The number of quaternary nitrogens is 2. The van der Waals surface area contributed by atoms with E-state index in [-0.39, 0.29) is 5.63 Å². The minimum absolute atomic E-state index is 0.302. The van der Waals surface area contributed by atoms with Gasteiger partial charge in [0, 0.05) is 23.1 Å². The highest BCUT2D eigenvalue weighted by Gasteiger charge is 2.24. The monoisotopic (exact) mass is 406 g/mol. The van der Waals surface area contributed by atoms with E-state index in [1.807, 2.05) is 18.2 Å². The largest absolute Gasteiger partial charge is 0.497 e. The van der Waals surface area contributed by atoms with Crippen molar-refractivity contribution in [3.05, 3.63) is 61.6 Å². The van der Waals surface area contributed by atoms with E-state index in [9.17, 15) is 4.79 Å². The summed E-state index contributed by atoms with van der Waals surface area (Å²) in [5.41, 5.74) is 1.34. The van der Waals surface area contributed by atoms with Gasteiger partial charge >= 0.3 is 5.63 Å². The molecule has 0 aliphatic carbocycles. The minimum Gasteiger partial charge on any atom is -0.497 e. The van der Waals surface area contributed by atoms with Gasteiger partial charge in [-0.3, -0.25) is 0 Å². The lowest BCUT2D eigenvalue weighted by Crippen LogP contribution is -3.27. The van der Waals surface area contributed by atoms with Crippen LogP contribution < -0.4 is 20.2 Å². The SMILES string of the molecule is COc1ccc2c(C[NH+]3CC[NH+](Cc4ccc(Cl)s4)CC3)cc(=O)oc2c1. The summed E-state index contributed by atoms with van der Waals surface area (Å²) in [4.78, 5) is 16.4. The Morgan fingerprint density at radius 1 is 1.07 bits per heavy atom. The number of fused-ring (bicyclic) bond motifs is 1. The molecule has 142 valence electrons. The summed E-state index contributed by atoms with van der Waals surface area (Å²) < 4.78 is 11.5. The third kappa shape index (κ3) is 4.35. The topological polar surface area (TPSA) is 48.3 Å². The molecule has 1 fully saturated rings. The summed E-state index contributed by atoms with van der Waals surface area (Å²) in [6.45, 7) is 6.31. The fourth-order valence-corrected chi connectivity index (χ4v) is 4.92. The summed E-state index contributed by atoms with van der Waals surface area (Å²) in [6, 6.07) is 11.4. The Hall–Kier alpha value is -1.86. The van der Waals surface area contributed by atoms with Crippen LogP contribution in [-0.2, 0) is 13.1 Å². The van der Waals surface area contributed by atoms with Crippen LogP contribution in [0.3, 0.4) is 0 Å². The van der Waals surface area contributed by atoms with Crippen molar-refractivity contribution >= 4 is 33.9 Å². The highest BCUT2D eigenvalue weighted by atomic mass is 35.5. The average Bonchev–Trinajstić information content (AvgIpc) is 3.07. The predicted molar refractivity (Wildman–Crippen MR) is 107 cm³/mol. The Bertz CT molecular complexity index is 992. The van der Waals surface area contributed by atoms with Crippen LogP contribution in [0.5, 0.6) is 5.75 Å². The van der Waals surface area contributed by atoms with Gasteiger partial charge in [0.05, 0.1) is 16.3 Å². The molecule has 2 aromatic heterocycles. The third-order valence-electron chi connectivity index (χ3n) is 5.20. The molecule has 7 heteroatoms. The van der Waals surface area contributed by atoms with Gasteiger partial charge in [0.2, 0.25) is 0 Å². The molecule has 4 rings (SSSR count). The van der Waals surface area contributed by atoms with E-state index in [0.717, 1.165) is 54.6 Å². The number of piperazine rings is 1. The lowest BCUT2D eigenvalue weighted by Gasteiger charge is -2.29. The minimum atomic E-state index is -0.302. The number of rotatable bonds is 5. The Balaban J connectivity index is 1.43. The Morgan fingerprint density at radius 2 is 1.81 bits per heavy atom. The van der Waals surface area contributed by atoms with Crippen molar-refractivity contribution in [1.29, 1.82) is 0 Å². The van der Waals surface area contributed by atoms with Crippen LogP contribution >= 0.6 is 22.9 Å². The normalized spacial score (nSPS) is 20.1. The van der Waals surface area contributed by atoms with Gasteiger partial charge in [-0.15, -0.1) is 11.3 Å². The number of hydrogen-bond acceptors (Lipinski definition) is 4. The Morgan fingerprint density at radius 3 is 2.48 bits per heavy atom. The summed E-state index contributed by atoms with van der Waals surface area (Å²) in [6.07, 6.45) is 0. The number of benzene rings is 1. The molecule has 0 atom stereocenters. The van der Waals surface area contributed by atoms with Gasteiger partial charge in [-0.05, 0) is 24.3 Å². The van der Waals surface area contributed by atoms with Crippen LogP contribution in [0, 0.1) is 0 Å². The Kier molecular flexibility index (Phi) is 5.50. The van der Waals surface area contributed by atoms with Crippen LogP contribution in [0.4, 0.5) is 0 Å². The van der Waals surface area contributed by atoms with Gasteiger partial charge in [0.25, 0.3) is 0 Å². The van der Waals surface area contributed by atoms with Gasteiger partial charge in [0.15, 0.2) is 0 Å². The van der Waals surface area contributed by atoms with E-state index in [0.29, 0.717) is 11.3 Å². The number of halogens is 1. The van der Waals surface area contributed by atoms with Crippen molar-refractivity contribution < 1.29 is 19.0 Å². The molecule has 0 amide bonds. The predicted octanol–water partition coefficient (Wildman–Crippen LogP) is 1.00. The van der Waals surface area contributed by atoms with Crippen LogP contribution in [-0.4, -0.2) is 33.3 Å². The highest BCUT2D eigenvalue weighted by molar-refractivity contribution is 7.16. The maximum Gasteiger partial charge on any atom is 0.336 e. The summed E-state index contributed by atoms with van der Waals surface area (Å²) in [5, 5.41) is 0.992. The van der Waals surface area contributed by atoms with Crippen molar-refractivity contribution in [2.45, 2.75) is 13.1 Å². The zero-order valence-corrected chi connectivity index (χ0v) is 16.8. The number of nitrogens with one attached hydrogen (secondary N) is 2. The number of thiophene rings is 1. The summed E-state index contributed by atoms with van der Waals surface area (Å²) in [7, 11) is 1.61. The van der Waals surface area contributed by atoms with Crippen molar-refractivity contribution in [3.63, 3.8) is 0 Å². The van der Waals surface area contributed by atoms with Gasteiger partial charge in [-0.2, -0.15) is 0 Å². The van der Waals surface area contributed by atoms with E-state index < -0.39 is 0 Å². The van der Waals surface area contributed by atoms with E-state index in [4.69, 9.17) is 20.8 Å². The number of methoxy groups -OCH3 is 1. The lowest BCUT2D eigenvalue weighted by molar-refractivity contribution is -1.02. The molecular formula is C20H23ClN2O3S+2. The molecule has 0 unspecified atom stereocenters. The Labute approximate surface area is 166 Å². The third-order valence-corrected chi connectivity index (χ3v) is 6.43. The van der Waals surface area contributed by atoms with Gasteiger partial charge < -0.3 is 19.0 Å². The second-order valence-corrected chi connectivity index (χ2v) is 8.81. The molecule has 3 aromatic rings. The molecule has 27 heavy (non-hydrogen) atoms. The van der Waals surface area contributed by atoms with E-state index in [2.05, 4.69) is 6.07 Å². The van der Waals surface area contributed by atoms with Crippen LogP contribution in [0.1, 0.15) is 10.4 Å². The van der Waals surface area contributed by atoms with Gasteiger partial charge in [-0.1, -0.05) is 11.6 Å². The summed E-state index contributed by atoms with van der Waals surface area (Å²) in [5.74, 6) is 0.695. The molecule has 0 radical (unpaired) electrons. The molecule has 1 aliphatic rings. The lowest BCUT2D eigenvalue weighted by atomic mass is 10.1. The maximum atomic E-state index is 12.0. The second kappa shape index (κ2) is 8.02. The van der Waals surface area contributed by atoms with E-state index >= 15 is 0 Å². The molecule has 1 aromatic carbocycles. The number of hydrogen-bond donors (Lipinski definition) is 2. The molecule has 0 saturated carbocycles. The quantitative estimate of drug-likeness (QED) is 0.621. The summed E-state index contributed by atoms with van der Waals surface area (Å²) >= 11 is 7.71. The maximum absolute atomic E-state index is 12.0. The van der Waals surface area contributed by atoms with Crippen LogP contribution in [0.2, 0.25) is 4.34 Å². The molecule has 0 spiro atoms. The van der Waals surface area contributed by atoms with Crippen molar-refractivity contribution in [1.82, 2.24) is 0 Å². The molecule has 2 N–H and O–H groups in total. The zero-order valence-electron chi connectivity index (χ0n) is 15.2. The first-order valence-corrected chi connectivity index (χ1v) is 10.3. The second-order valence-electron chi connectivity index (χ2n) is 7.01. The molecule has 3 heterocycles. The first-order valence-electron chi connectivity index (χ1n) is 9.13. The molecule has 0 bridgehead atoms. The van der Waals surface area contributed by atoms with Crippen LogP contribution in [0.15, 0.2) is 45.6 Å². The zero-order chi connectivity index (χ0) is 18.8. The van der Waals surface area contributed by atoms with Crippen molar-refractivity contribution in [3.8, 4) is 5.75 Å². The van der Waals surface area contributed by atoms with Crippen molar-refractivity contribution in [2.24, 2.45) is 0 Å². The fraction of sp³-hybridized carbons (Fsp3) is 0.350. The van der Waals surface area contributed by atoms with Crippen LogP contribution in [0.25, 0.3) is 11.0 Å².